The molecule has 1 saturated carbocycles. The zero-order chi connectivity index (χ0) is 20.1. The quantitative estimate of drug-likeness (QED) is 0.412. The van der Waals surface area contributed by atoms with E-state index in [0.29, 0.717) is 24.8 Å². The van der Waals surface area contributed by atoms with Gasteiger partial charge in [0.25, 0.3) is 0 Å². The van der Waals surface area contributed by atoms with Crippen molar-refractivity contribution in [3.05, 3.63) is 24.3 Å². The van der Waals surface area contributed by atoms with Gasteiger partial charge in [-0.05, 0) is 32.3 Å². The van der Waals surface area contributed by atoms with Crippen LogP contribution in [0.1, 0.15) is 32.6 Å². The number of ketones is 1. The predicted molar refractivity (Wildman–Crippen MR) is 97.1 cm³/mol. The Morgan fingerprint density at radius 3 is 2.71 bits per heavy atom. The van der Waals surface area contributed by atoms with E-state index >= 15 is 0 Å². The maximum absolute atomic E-state index is 13.1. The number of fused-ring (bicyclic) bond motifs is 3. The van der Waals surface area contributed by atoms with Gasteiger partial charge in [0.2, 0.25) is 0 Å². The fourth-order valence-corrected chi connectivity index (χ4v) is 4.90. The minimum absolute atomic E-state index is 0.0516. The Balaban J connectivity index is 1.62. The molecule has 4 aliphatic rings. The fraction of sp³-hybridized carbons (Fsp3) is 0.667. The van der Waals surface area contributed by atoms with Crippen LogP contribution in [-0.4, -0.2) is 55.4 Å². The van der Waals surface area contributed by atoms with Crippen molar-refractivity contribution >= 4 is 17.7 Å². The van der Waals surface area contributed by atoms with Gasteiger partial charge in [-0.2, -0.15) is 0 Å². The molecule has 0 spiro atoms. The molecule has 3 unspecified atom stereocenters. The van der Waals surface area contributed by atoms with E-state index in [-0.39, 0.29) is 48.8 Å². The van der Waals surface area contributed by atoms with E-state index in [1.165, 1.54) is 6.08 Å². The lowest BCUT2D eigenvalue weighted by Gasteiger charge is -2.29. The molecule has 0 amide bonds. The van der Waals surface area contributed by atoms with Crippen molar-refractivity contribution in [2.45, 2.75) is 56.5 Å². The second-order valence-electron chi connectivity index (χ2n) is 8.38. The highest BCUT2D eigenvalue weighted by atomic mass is 16.6. The molecular formula is C21H26O7. The number of hydrogen-bond acceptors (Lipinski definition) is 7. The molecule has 4 rings (SSSR count). The van der Waals surface area contributed by atoms with Gasteiger partial charge in [0.15, 0.2) is 0 Å². The van der Waals surface area contributed by atoms with Gasteiger partial charge in [-0.15, -0.1) is 0 Å². The minimum atomic E-state index is -0.439. The molecule has 0 aromatic heterocycles. The van der Waals surface area contributed by atoms with Crippen LogP contribution in [0.15, 0.2) is 24.3 Å². The largest absolute Gasteiger partial charge is 0.455 e. The van der Waals surface area contributed by atoms with Crippen molar-refractivity contribution in [1.82, 2.24) is 0 Å². The molecule has 0 radical (unpaired) electrons. The van der Waals surface area contributed by atoms with Crippen molar-refractivity contribution in [1.29, 1.82) is 0 Å². The second-order valence-corrected chi connectivity index (χ2v) is 8.38. The van der Waals surface area contributed by atoms with E-state index in [4.69, 9.17) is 18.9 Å². The zero-order valence-corrected chi connectivity index (χ0v) is 16.2. The summed E-state index contributed by atoms with van der Waals surface area (Å²) in [5.41, 5.74) is -0.00829. The normalized spacial score (nSPS) is 43.1. The molecule has 0 N–H and O–H groups in total. The fourth-order valence-electron chi connectivity index (χ4n) is 4.90. The molecule has 1 aliphatic carbocycles. The molecule has 152 valence electrons. The molecule has 2 saturated heterocycles. The number of esters is 2. The Hall–Kier alpha value is -1.99. The summed E-state index contributed by atoms with van der Waals surface area (Å²) in [6.45, 7) is 6.14. The number of Topliss-reactive ketones (excluding diaryl/α,β-unsaturated/α-hetero) is 1. The van der Waals surface area contributed by atoms with Crippen LogP contribution in [0.25, 0.3) is 0 Å². The molecule has 0 bridgehead atoms. The molecule has 7 nitrogen and oxygen atoms in total. The van der Waals surface area contributed by atoms with E-state index in [1.807, 2.05) is 6.92 Å². The van der Waals surface area contributed by atoms with Crippen molar-refractivity contribution in [2.75, 3.05) is 13.7 Å². The summed E-state index contributed by atoms with van der Waals surface area (Å²) in [4.78, 5) is 36.7. The van der Waals surface area contributed by atoms with Crippen molar-refractivity contribution in [3.63, 3.8) is 0 Å². The van der Waals surface area contributed by atoms with Crippen LogP contribution in [0.4, 0.5) is 0 Å². The average Bonchev–Trinajstić information content (AvgIpc) is 2.98. The van der Waals surface area contributed by atoms with Crippen molar-refractivity contribution < 1.29 is 33.3 Å². The lowest BCUT2D eigenvalue weighted by atomic mass is 9.79. The van der Waals surface area contributed by atoms with Gasteiger partial charge < -0.3 is 18.9 Å². The van der Waals surface area contributed by atoms with E-state index in [2.05, 4.69) is 6.58 Å². The van der Waals surface area contributed by atoms with E-state index in [1.54, 1.807) is 13.2 Å². The van der Waals surface area contributed by atoms with Gasteiger partial charge in [-0.25, -0.2) is 9.59 Å². The van der Waals surface area contributed by atoms with Crippen LogP contribution >= 0.6 is 0 Å². The van der Waals surface area contributed by atoms with Crippen LogP contribution in [0.3, 0.4) is 0 Å². The van der Waals surface area contributed by atoms with E-state index in [9.17, 15) is 14.4 Å². The summed E-state index contributed by atoms with van der Waals surface area (Å²) in [5.74, 6) is -1.52. The maximum atomic E-state index is 13.1. The molecular weight excluding hydrogens is 364 g/mol. The zero-order valence-electron chi connectivity index (χ0n) is 16.2. The number of carbonyl (C=O) groups excluding carboxylic acids is 3. The lowest BCUT2D eigenvalue weighted by Crippen LogP contribution is -2.36. The van der Waals surface area contributed by atoms with Gasteiger partial charge >= 0.3 is 11.9 Å². The number of hydrogen-bond donors (Lipinski definition) is 0. The highest BCUT2D eigenvalue weighted by molar-refractivity contribution is 5.91. The third-order valence-electron chi connectivity index (χ3n) is 6.64. The molecule has 3 fully saturated rings. The van der Waals surface area contributed by atoms with Gasteiger partial charge in [0, 0.05) is 42.9 Å². The van der Waals surface area contributed by atoms with Gasteiger partial charge in [0.1, 0.15) is 24.1 Å². The lowest BCUT2D eigenvalue weighted by molar-refractivity contribution is -0.144. The monoisotopic (exact) mass is 390 g/mol. The van der Waals surface area contributed by atoms with Crippen LogP contribution in [0.2, 0.25) is 0 Å². The van der Waals surface area contributed by atoms with E-state index < -0.39 is 23.6 Å². The first-order valence-corrected chi connectivity index (χ1v) is 9.82. The summed E-state index contributed by atoms with van der Waals surface area (Å²) < 4.78 is 22.3. The summed E-state index contributed by atoms with van der Waals surface area (Å²) in [5, 5.41) is 0. The minimum Gasteiger partial charge on any atom is -0.455 e. The Kier molecular flexibility index (Phi) is 4.91. The van der Waals surface area contributed by atoms with Crippen LogP contribution in [0, 0.1) is 17.8 Å². The van der Waals surface area contributed by atoms with E-state index in [0.717, 1.165) is 0 Å². The number of epoxide rings is 1. The first-order chi connectivity index (χ1) is 13.3. The number of cyclic esters (lactones) is 1. The average molecular weight is 390 g/mol. The Morgan fingerprint density at radius 2 is 2.04 bits per heavy atom. The predicted octanol–water partition coefficient (Wildman–Crippen LogP) is 1.75. The standard InChI is InChI=1S/C21H26O7/c1-11-12-4-5-15(22)14(10-25-3)13(16-6-7-17(23)26-16)8-9-21(2)19(28-21)18(12)27-20(11)24/h6-7,12-14,16,18-19H,1,4-5,8-10H2,2-3H3/t12-,13?,14?,16?,18-,19+,21+/m0/s1. The summed E-state index contributed by atoms with van der Waals surface area (Å²) in [7, 11) is 1.56. The molecule has 3 aliphatic heterocycles. The molecule has 3 heterocycles. The van der Waals surface area contributed by atoms with Crippen molar-refractivity contribution in [3.8, 4) is 0 Å². The molecule has 0 aromatic carbocycles. The second kappa shape index (κ2) is 7.12. The van der Waals surface area contributed by atoms with Gasteiger partial charge in [-0.3, -0.25) is 4.79 Å². The topological polar surface area (TPSA) is 91.4 Å². The summed E-state index contributed by atoms with van der Waals surface area (Å²) >= 11 is 0. The SMILES string of the molecule is C=C1C(=O)O[C@@H]2[C@H]3O[C@]3(C)CCC(C3C=CC(=O)O3)C(COC)C(=O)CC[C@@H]12. The molecule has 7 atom stereocenters. The number of methoxy groups -OCH3 is 1. The van der Waals surface area contributed by atoms with Crippen LogP contribution < -0.4 is 0 Å². The molecule has 28 heavy (non-hydrogen) atoms. The number of carbonyl (C=O) groups is 3. The highest BCUT2D eigenvalue weighted by Crippen LogP contribution is 2.50. The van der Waals surface area contributed by atoms with Crippen LogP contribution in [0.5, 0.6) is 0 Å². The first-order valence-electron chi connectivity index (χ1n) is 9.82. The first kappa shape index (κ1) is 19.3. The highest BCUT2D eigenvalue weighted by Gasteiger charge is 2.62. The third-order valence-corrected chi connectivity index (χ3v) is 6.64. The molecule has 0 aromatic rings. The summed E-state index contributed by atoms with van der Waals surface area (Å²) in [6, 6.07) is 0. The Labute approximate surface area is 164 Å². The third kappa shape index (κ3) is 3.31. The Morgan fingerprint density at radius 1 is 1.25 bits per heavy atom. The Bertz CT molecular complexity index is 741. The smallest absolute Gasteiger partial charge is 0.334 e. The molecule has 7 heteroatoms. The summed E-state index contributed by atoms with van der Waals surface area (Å²) in [6.07, 6.45) is 4.20. The maximum Gasteiger partial charge on any atom is 0.334 e. The number of rotatable bonds is 3. The number of ether oxygens (including phenoxy) is 4. The van der Waals surface area contributed by atoms with Gasteiger partial charge in [0.05, 0.1) is 12.2 Å². The van der Waals surface area contributed by atoms with Crippen LogP contribution in [-0.2, 0) is 33.3 Å². The van der Waals surface area contributed by atoms with Crippen molar-refractivity contribution in [2.24, 2.45) is 17.8 Å². The van der Waals surface area contributed by atoms with Gasteiger partial charge in [-0.1, -0.05) is 6.58 Å².